The van der Waals surface area contributed by atoms with Gasteiger partial charge in [-0.1, -0.05) is 10.2 Å². The summed E-state index contributed by atoms with van der Waals surface area (Å²) in [6.45, 7) is 6.11. The van der Waals surface area contributed by atoms with Gasteiger partial charge in [-0.15, -0.1) is 11.8 Å². The van der Waals surface area contributed by atoms with Gasteiger partial charge in [0.25, 0.3) is 6.29 Å². The van der Waals surface area contributed by atoms with Gasteiger partial charge in [0.2, 0.25) is 0 Å². The van der Waals surface area contributed by atoms with Crippen LogP contribution in [-0.4, -0.2) is 83.7 Å². The predicted molar refractivity (Wildman–Crippen MR) is 133 cm³/mol. The van der Waals surface area contributed by atoms with E-state index in [0.29, 0.717) is 4.58 Å². The Bertz CT molecular complexity index is 774. The van der Waals surface area contributed by atoms with Crippen LogP contribution >= 0.6 is 22.0 Å². The fraction of sp³-hybridized carbons (Fsp3) is 0.783. The lowest BCUT2D eigenvalue weighted by atomic mass is 10.1. The summed E-state index contributed by atoms with van der Waals surface area (Å²) in [5.74, 6) is 2.19. The molecule has 4 saturated heterocycles. The predicted octanol–water partition coefficient (Wildman–Crippen LogP) is 3.49. The lowest BCUT2D eigenvalue weighted by Crippen LogP contribution is -2.52. The van der Waals surface area contributed by atoms with Crippen LogP contribution in [0, 0.1) is 0 Å². The number of amidine groups is 1. The SMILES string of the molecule is C1=COC(C2=C(N3CCCCC3)S(C3CCCO3)(C3CCCS3)NN=C2N2CCOCC2)O1. The average molecular weight is 497 g/mol. The van der Waals surface area contributed by atoms with E-state index in [4.69, 9.17) is 24.0 Å². The van der Waals surface area contributed by atoms with Crippen molar-refractivity contribution < 1.29 is 18.9 Å². The first kappa shape index (κ1) is 22.2. The monoisotopic (exact) mass is 496 g/mol. The number of hydrogen-bond acceptors (Lipinski definition) is 9. The molecule has 0 aromatic rings. The van der Waals surface area contributed by atoms with Crippen molar-refractivity contribution in [1.82, 2.24) is 14.6 Å². The quantitative estimate of drug-likeness (QED) is 0.635. The standard InChI is InChI=1S/C23H36N4O4S2/c1-2-8-27(9-3-1)22-20(23-30-15-16-31-23)21(26-10-13-28-14-11-26)24-25-33(22,18-6-4-12-29-18)19-7-5-17-32-19/h15-16,18-19,23,25H,1-14,17H2. The zero-order valence-electron chi connectivity index (χ0n) is 19.3. The number of rotatable bonds is 4. The highest BCUT2D eigenvalue weighted by atomic mass is 32.3. The molecule has 0 aromatic carbocycles. The van der Waals surface area contributed by atoms with E-state index in [9.17, 15) is 0 Å². The van der Waals surface area contributed by atoms with Crippen molar-refractivity contribution in [2.24, 2.45) is 5.10 Å². The summed E-state index contributed by atoms with van der Waals surface area (Å²) in [4.78, 5) is 8.88. The van der Waals surface area contributed by atoms with E-state index in [1.54, 1.807) is 12.5 Å². The molecular formula is C23H36N4O4S2. The topological polar surface area (TPSA) is 67.8 Å². The number of piperidine rings is 1. The number of nitrogens with zero attached hydrogens (tertiary/aromatic N) is 3. The van der Waals surface area contributed by atoms with Crippen molar-refractivity contribution in [3.05, 3.63) is 23.1 Å². The molecule has 3 atom stereocenters. The minimum Gasteiger partial charge on any atom is -0.455 e. The molecule has 10 heteroatoms. The molecule has 0 saturated carbocycles. The van der Waals surface area contributed by atoms with E-state index in [-0.39, 0.29) is 5.44 Å². The lowest BCUT2D eigenvalue weighted by Gasteiger charge is -2.55. The van der Waals surface area contributed by atoms with Crippen LogP contribution in [0.3, 0.4) is 0 Å². The molecule has 184 valence electrons. The summed E-state index contributed by atoms with van der Waals surface area (Å²) >= 11 is 2.12. The molecule has 1 N–H and O–H groups in total. The number of hydrogen-bond donors (Lipinski definition) is 1. The van der Waals surface area contributed by atoms with Gasteiger partial charge in [0.1, 0.15) is 23.5 Å². The largest absolute Gasteiger partial charge is 0.455 e. The minimum atomic E-state index is -1.59. The smallest absolute Gasteiger partial charge is 0.272 e. The van der Waals surface area contributed by atoms with Crippen LogP contribution in [0.25, 0.3) is 0 Å². The summed E-state index contributed by atoms with van der Waals surface area (Å²) in [5, 5.41) is 6.58. The van der Waals surface area contributed by atoms with E-state index in [2.05, 4.69) is 26.4 Å². The van der Waals surface area contributed by atoms with Crippen LogP contribution in [0.5, 0.6) is 0 Å². The third kappa shape index (κ3) is 4.00. The van der Waals surface area contributed by atoms with Crippen molar-refractivity contribution >= 4 is 27.8 Å². The molecule has 3 unspecified atom stereocenters. The van der Waals surface area contributed by atoms with E-state index in [1.807, 2.05) is 0 Å². The van der Waals surface area contributed by atoms with Gasteiger partial charge < -0.3 is 28.7 Å². The first-order valence-corrected chi connectivity index (χ1v) is 15.4. The minimum absolute atomic E-state index is 0.185. The molecule has 6 heterocycles. The summed E-state index contributed by atoms with van der Waals surface area (Å²) in [7, 11) is -1.59. The maximum Gasteiger partial charge on any atom is 0.272 e. The van der Waals surface area contributed by atoms with E-state index < -0.39 is 16.5 Å². The molecule has 0 amide bonds. The van der Waals surface area contributed by atoms with Gasteiger partial charge in [-0.3, -0.25) is 4.83 Å². The highest BCUT2D eigenvalue weighted by molar-refractivity contribution is 8.42. The van der Waals surface area contributed by atoms with Crippen LogP contribution in [0.2, 0.25) is 0 Å². The molecule has 4 fully saturated rings. The van der Waals surface area contributed by atoms with Gasteiger partial charge >= 0.3 is 0 Å². The van der Waals surface area contributed by atoms with E-state index in [1.165, 1.54) is 42.9 Å². The second-order valence-electron chi connectivity index (χ2n) is 9.36. The van der Waals surface area contributed by atoms with E-state index in [0.717, 1.165) is 70.3 Å². The number of hydrazone groups is 1. The van der Waals surface area contributed by atoms with Crippen LogP contribution in [0.4, 0.5) is 0 Å². The number of likely N-dealkylation sites (tertiary alicyclic amines) is 1. The zero-order valence-corrected chi connectivity index (χ0v) is 20.9. The molecule has 8 nitrogen and oxygen atoms in total. The molecule has 6 aliphatic heterocycles. The Kier molecular flexibility index (Phi) is 6.60. The van der Waals surface area contributed by atoms with Crippen LogP contribution in [0.1, 0.15) is 44.9 Å². The van der Waals surface area contributed by atoms with Crippen molar-refractivity contribution in [2.45, 2.75) is 61.3 Å². The maximum absolute atomic E-state index is 6.52. The highest BCUT2D eigenvalue weighted by Crippen LogP contribution is 2.70. The van der Waals surface area contributed by atoms with Gasteiger partial charge in [-0.25, -0.2) is 0 Å². The third-order valence-electron chi connectivity index (χ3n) is 7.35. The van der Waals surface area contributed by atoms with Crippen LogP contribution in [-0.2, 0) is 18.9 Å². The maximum atomic E-state index is 6.52. The summed E-state index contributed by atoms with van der Waals surface area (Å²) in [5.41, 5.74) is 1.31. The molecular weight excluding hydrogens is 460 g/mol. The van der Waals surface area contributed by atoms with Gasteiger partial charge in [0.05, 0.1) is 22.8 Å². The molecule has 0 radical (unpaired) electrons. The Morgan fingerprint density at radius 2 is 1.73 bits per heavy atom. The number of ether oxygens (including phenoxy) is 4. The Morgan fingerprint density at radius 3 is 2.42 bits per heavy atom. The molecule has 33 heavy (non-hydrogen) atoms. The number of nitrogens with one attached hydrogen (secondary N) is 1. The fourth-order valence-electron chi connectivity index (χ4n) is 5.80. The van der Waals surface area contributed by atoms with Gasteiger partial charge in [0.15, 0.2) is 5.84 Å². The molecule has 6 aliphatic rings. The van der Waals surface area contributed by atoms with Crippen molar-refractivity contribution in [1.29, 1.82) is 0 Å². The van der Waals surface area contributed by atoms with Crippen LogP contribution in [0.15, 0.2) is 28.2 Å². The summed E-state index contributed by atoms with van der Waals surface area (Å²) in [6, 6.07) is 0. The third-order valence-corrected chi connectivity index (χ3v) is 13.6. The molecule has 0 aliphatic carbocycles. The normalized spacial score (nSPS) is 37.4. The molecule has 0 aromatic heterocycles. The molecule has 0 bridgehead atoms. The van der Waals surface area contributed by atoms with Crippen LogP contribution < -0.4 is 4.83 Å². The molecule has 0 spiro atoms. The summed E-state index contributed by atoms with van der Waals surface area (Å²) < 4.78 is 24.8. The van der Waals surface area contributed by atoms with Gasteiger partial charge in [-0.05, 0) is 50.7 Å². The Labute approximate surface area is 202 Å². The second kappa shape index (κ2) is 9.79. The second-order valence-corrected chi connectivity index (χ2v) is 14.1. The first-order valence-electron chi connectivity index (χ1n) is 12.5. The van der Waals surface area contributed by atoms with Gasteiger partial charge in [-0.2, -0.15) is 5.10 Å². The van der Waals surface area contributed by atoms with Crippen molar-refractivity contribution in [3.8, 4) is 0 Å². The van der Waals surface area contributed by atoms with Crippen molar-refractivity contribution in [2.75, 3.05) is 51.8 Å². The lowest BCUT2D eigenvalue weighted by molar-refractivity contribution is 0.00922. The summed E-state index contributed by atoms with van der Waals surface area (Å²) in [6.07, 6.45) is 11.4. The fourth-order valence-corrected chi connectivity index (χ4v) is 12.6. The Hall–Kier alpha value is -1.23. The van der Waals surface area contributed by atoms with E-state index >= 15 is 0 Å². The number of thioether (sulfide) groups is 1. The highest BCUT2D eigenvalue weighted by Gasteiger charge is 2.54. The van der Waals surface area contributed by atoms with Gasteiger partial charge in [0, 0.05) is 32.8 Å². The Morgan fingerprint density at radius 1 is 0.909 bits per heavy atom. The Balaban J connectivity index is 1.52. The van der Waals surface area contributed by atoms with Crippen molar-refractivity contribution in [3.63, 3.8) is 0 Å². The average Bonchev–Trinajstić information content (AvgIpc) is 3.67. The number of morpholine rings is 1. The zero-order chi connectivity index (χ0) is 22.1. The molecule has 6 rings (SSSR count). The first-order chi connectivity index (χ1) is 16.4.